The van der Waals surface area contributed by atoms with E-state index in [9.17, 15) is 10.1 Å². The molecule has 0 radical (unpaired) electrons. The molecule has 0 aliphatic rings. The van der Waals surface area contributed by atoms with Crippen molar-refractivity contribution in [1.29, 1.82) is 0 Å². The van der Waals surface area contributed by atoms with E-state index in [4.69, 9.17) is 10.7 Å². The third kappa shape index (κ3) is 5.51. The normalized spacial score (nSPS) is 11.2. The number of para-hydroxylation sites is 1. The summed E-state index contributed by atoms with van der Waals surface area (Å²) in [5.74, 6) is 3.40. The number of hydrogen-bond donors (Lipinski definition) is 1. The Hall–Kier alpha value is -3.11. The number of nitrogens with zero attached hydrogens (tertiary/aromatic N) is 5. The fraction of sp³-hybridized carbons (Fsp3) is 0.292. The third-order valence-electron chi connectivity index (χ3n) is 5.60. The number of imidazole rings is 1. The second-order valence-corrected chi connectivity index (χ2v) is 10.2. The van der Waals surface area contributed by atoms with Crippen LogP contribution in [0, 0.1) is 24.0 Å². The van der Waals surface area contributed by atoms with Gasteiger partial charge >= 0.3 is 5.82 Å². The Labute approximate surface area is 206 Å². The number of hydrogen-bond acceptors (Lipinski definition) is 8. The van der Waals surface area contributed by atoms with Crippen LogP contribution in [0.1, 0.15) is 22.8 Å². The summed E-state index contributed by atoms with van der Waals surface area (Å²) in [5.41, 5.74) is 10.9. The first-order valence-electron chi connectivity index (χ1n) is 10.9. The minimum absolute atomic E-state index is 0.0500. The molecule has 3 heterocycles. The number of nitrogens with two attached hydrogens (primary N) is 1. The Morgan fingerprint density at radius 2 is 1.91 bits per heavy atom. The summed E-state index contributed by atoms with van der Waals surface area (Å²) in [4.78, 5) is 25.3. The van der Waals surface area contributed by atoms with Gasteiger partial charge in [-0.1, -0.05) is 18.2 Å². The Balaban J connectivity index is 1.32. The summed E-state index contributed by atoms with van der Waals surface area (Å²) in [6, 6.07) is 12.0. The van der Waals surface area contributed by atoms with Gasteiger partial charge in [0.15, 0.2) is 5.82 Å². The molecule has 0 aliphatic heterocycles. The van der Waals surface area contributed by atoms with Crippen molar-refractivity contribution in [3.63, 3.8) is 0 Å². The van der Waals surface area contributed by atoms with Crippen LogP contribution in [-0.2, 0) is 13.0 Å². The van der Waals surface area contributed by atoms with E-state index in [0.717, 1.165) is 45.1 Å². The lowest BCUT2D eigenvalue weighted by Crippen LogP contribution is -2.07. The molecule has 1 aromatic carbocycles. The second-order valence-electron chi connectivity index (χ2n) is 7.81. The molecule has 8 nitrogen and oxygen atoms in total. The van der Waals surface area contributed by atoms with E-state index in [1.54, 1.807) is 35.0 Å². The highest BCUT2D eigenvalue weighted by Crippen LogP contribution is 2.27. The number of pyridine rings is 2. The van der Waals surface area contributed by atoms with Gasteiger partial charge in [-0.3, -0.25) is 9.97 Å². The molecule has 10 heteroatoms. The number of nitro groups is 1. The van der Waals surface area contributed by atoms with E-state index in [2.05, 4.69) is 16.9 Å². The van der Waals surface area contributed by atoms with Gasteiger partial charge in [0, 0.05) is 47.1 Å². The zero-order valence-electron chi connectivity index (χ0n) is 19.1. The van der Waals surface area contributed by atoms with Crippen molar-refractivity contribution in [2.24, 2.45) is 0 Å². The van der Waals surface area contributed by atoms with Crippen LogP contribution in [0.25, 0.3) is 10.9 Å². The maximum atomic E-state index is 11.1. The van der Waals surface area contributed by atoms with Crippen LogP contribution in [0.15, 0.2) is 53.7 Å². The molecular formula is C24H26N6O2S2. The molecule has 176 valence electrons. The number of rotatable bonds is 10. The molecule has 4 rings (SSSR count). The number of aromatic nitrogens is 4. The lowest BCUT2D eigenvalue weighted by molar-refractivity contribution is -0.392. The SMILES string of the molecule is Cc1c(SCCSCCn2c([N+](=O)[O-])cnc2C)ccnc1Cc1nc2ccccc2cc1N. The number of benzene rings is 1. The smallest absolute Gasteiger partial charge is 0.342 e. The molecule has 0 bridgehead atoms. The third-order valence-corrected chi connectivity index (χ3v) is 7.98. The van der Waals surface area contributed by atoms with Crippen LogP contribution in [-0.4, -0.2) is 41.7 Å². The average Bonchev–Trinajstić information content (AvgIpc) is 3.19. The monoisotopic (exact) mass is 494 g/mol. The van der Waals surface area contributed by atoms with Crippen molar-refractivity contribution in [1.82, 2.24) is 19.5 Å². The maximum absolute atomic E-state index is 11.1. The lowest BCUT2D eigenvalue weighted by Gasteiger charge is -2.12. The van der Waals surface area contributed by atoms with Gasteiger partial charge in [0.2, 0.25) is 0 Å². The van der Waals surface area contributed by atoms with Crippen molar-refractivity contribution in [3.05, 3.63) is 81.7 Å². The van der Waals surface area contributed by atoms with Crippen molar-refractivity contribution >= 4 is 45.9 Å². The topological polar surface area (TPSA) is 113 Å². The summed E-state index contributed by atoms with van der Waals surface area (Å²) < 4.78 is 1.66. The summed E-state index contributed by atoms with van der Waals surface area (Å²) >= 11 is 3.58. The Kier molecular flexibility index (Phi) is 7.69. The molecule has 2 N–H and O–H groups in total. The molecule has 0 aliphatic carbocycles. The molecule has 3 aromatic heterocycles. The summed E-state index contributed by atoms with van der Waals surface area (Å²) in [5, 5.41) is 12.1. The average molecular weight is 495 g/mol. The highest BCUT2D eigenvalue weighted by atomic mass is 32.2. The first-order valence-corrected chi connectivity index (χ1v) is 13.0. The Morgan fingerprint density at radius 1 is 1.09 bits per heavy atom. The Morgan fingerprint density at radius 3 is 2.74 bits per heavy atom. The number of anilines is 1. The van der Waals surface area contributed by atoms with Gasteiger partial charge in [-0.05, 0) is 35.6 Å². The van der Waals surface area contributed by atoms with Crippen LogP contribution < -0.4 is 5.73 Å². The van der Waals surface area contributed by atoms with E-state index in [-0.39, 0.29) is 10.7 Å². The molecule has 0 spiro atoms. The minimum Gasteiger partial charge on any atom is -0.397 e. The van der Waals surface area contributed by atoms with Gasteiger partial charge in [0.05, 0.1) is 22.6 Å². The van der Waals surface area contributed by atoms with Crippen molar-refractivity contribution < 1.29 is 4.92 Å². The van der Waals surface area contributed by atoms with E-state index < -0.39 is 0 Å². The van der Waals surface area contributed by atoms with E-state index in [0.29, 0.717) is 24.5 Å². The van der Waals surface area contributed by atoms with Crippen molar-refractivity contribution in [3.8, 4) is 0 Å². The molecular weight excluding hydrogens is 468 g/mol. The van der Waals surface area contributed by atoms with E-state index in [1.165, 1.54) is 11.1 Å². The number of aryl methyl sites for hydroxylation is 1. The summed E-state index contributed by atoms with van der Waals surface area (Å²) in [7, 11) is 0. The zero-order valence-corrected chi connectivity index (χ0v) is 20.7. The molecule has 0 amide bonds. The predicted molar refractivity (Wildman–Crippen MR) is 140 cm³/mol. The molecule has 0 fully saturated rings. The van der Waals surface area contributed by atoms with E-state index in [1.807, 2.05) is 42.6 Å². The second kappa shape index (κ2) is 10.9. The van der Waals surface area contributed by atoms with Gasteiger partial charge in [-0.2, -0.15) is 11.8 Å². The lowest BCUT2D eigenvalue weighted by atomic mass is 10.1. The quantitative estimate of drug-likeness (QED) is 0.141. The van der Waals surface area contributed by atoms with E-state index >= 15 is 0 Å². The highest BCUT2D eigenvalue weighted by Gasteiger charge is 2.16. The molecule has 4 aromatic rings. The first kappa shape index (κ1) is 24.0. The molecule has 34 heavy (non-hydrogen) atoms. The van der Waals surface area contributed by atoms with Gasteiger partial charge in [-0.25, -0.2) is 9.55 Å². The molecule has 0 atom stereocenters. The summed E-state index contributed by atoms with van der Waals surface area (Å²) in [6.07, 6.45) is 3.76. The molecule has 0 saturated heterocycles. The van der Waals surface area contributed by atoms with Crippen LogP contribution in [0.2, 0.25) is 0 Å². The van der Waals surface area contributed by atoms with Gasteiger partial charge in [0.1, 0.15) is 12.7 Å². The first-order chi connectivity index (χ1) is 16.4. The largest absolute Gasteiger partial charge is 0.397 e. The maximum Gasteiger partial charge on any atom is 0.342 e. The number of thioether (sulfide) groups is 2. The van der Waals surface area contributed by atoms with Crippen LogP contribution in [0.4, 0.5) is 11.5 Å². The summed E-state index contributed by atoms with van der Waals surface area (Å²) in [6.45, 7) is 4.46. The number of fused-ring (bicyclic) bond motifs is 1. The number of nitrogen functional groups attached to an aromatic ring is 1. The van der Waals surface area contributed by atoms with Gasteiger partial charge < -0.3 is 15.8 Å². The molecule has 0 saturated carbocycles. The van der Waals surface area contributed by atoms with Crippen LogP contribution in [0.5, 0.6) is 0 Å². The highest BCUT2D eigenvalue weighted by molar-refractivity contribution is 8.03. The van der Waals surface area contributed by atoms with Crippen molar-refractivity contribution in [2.45, 2.75) is 31.7 Å². The Bertz CT molecular complexity index is 1320. The predicted octanol–water partition coefficient (Wildman–Crippen LogP) is 5.05. The fourth-order valence-corrected chi connectivity index (χ4v) is 5.74. The van der Waals surface area contributed by atoms with Crippen molar-refractivity contribution in [2.75, 3.05) is 23.0 Å². The van der Waals surface area contributed by atoms with Gasteiger partial charge in [0.25, 0.3) is 0 Å². The minimum atomic E-state index is -0.384. The standard InChI is InChI=1S/C24H26N6O2S2/c1-16-21(14-22-19(25)13-18-5-3-4-6-20(18)28-22)26-8-7-23(16)34-12-11-33-10-9-29-17(2)27-15-24(29)30(31)32/h3-8,13,15H,9-12,14,25H2,1-2H3. The van der Waals surface area contributed by atoms with Crippen LogP contribution >= 0.6 is 23.5 Å². The molecule has 0 unspecified atom stereocenters. The fourth-order valence-electron chi connectivity index (χ4n) is 3.71. The van der Waals surface area contributed by atoms with Gasteiger partial charge in [-0.15, -0.1) is 11.8 Å². The van der Waals surface area contributed by atoms with Crippen LogP contribution in [0.3, 0.4) is 0 Å². The zero-order chi connectivity index (χ0) is 24.1.